The topological polar surface area (TPSA) is 69.4 Å². The first-order chi connectivity index (χ1) is 8.87. The smallest absolute Gasteiger partial charge is 0.175 e. The van der Waals surface area contributed by atoms with Crippen LogP contribution in [0.2, 0.25) is 0 Å². The monoisotopic (exact) mass is 283 g/mol. The molecule has 0 unspecified atom stereocenters. The molecule has 5 heteroatoms. The second-order valence-corrected chi connectivity index (χ2v) is 7.37. The van der Waals surface area contributed by atoms with Gasteiger partial charge in [-0.15, -0.1) is 0 Å². The Morgan fingerprint density at radius 2 is 1.84 bits per heavy atom. The van der Waals surface area contributed by atoms with E-state index in [0.29, 0.717) is 10.6 Å². The third-order valence-corrected chi connectivity index (χ3v) is 4.99. The molecular weight excluding hydrogens is 262 g/mol. The first-order valence-electron chi connectivity index (χ1n) is 6.54. The van der Waals surface area contributed by atoms with Crippen molar-refractivity contribution in [3.05, 3.63) is 23.8 Å². The molecule has 2 N–H and O–H groups in total. The molecule has 0 spiro atoms. The Balaban J connectivity index is 2.53. The van der Waals surface area contributed by atoms with E-state index in [1.807, 2.05) is 0 Å². The van der Waals surface area contributed by atoms with Crippen molar-refractivity contribution in [1.82, 2.24) is 0 Å². The zero-order valence-corrected chi connectivity index (χ0v) is 12.3. The van der Waals surface area contributed by atoms with Gasteiger partial charge < -0.3 is 10.5 Å². The van der Waals surface area contributed by atoms with Crippen LogP contribution in [0.1, 0.15) is 37.7 Å². The molecular formula is C14H21NO3S. The number of sulfone groups is 1. The van der Waals surface area contributed by atoms with Crippen LogP contribution in [0.3, 0.4) is 0 Å². The maximum Gasteiger partial charge on any atom is 0.175 e. The third-order valence-electron chi connectivity index (χ3n) is 3.88. The summed E-state index contributed by atoms with van der Waals surface area (Å²) >= 11 is 0. The average molecular weight is 283 g/mol. The Morgan fingerprint density at radius 3 is 2.37 bits per heavy atom. The fraction of sp³-hybridized carbons (Fsp3) is 0.571. The van der Waals surface area contributed by atoms with Crippen molar-refractivity contribution in [2.75, 3.05) is 13.4 Å². The molecule has 0 atom stereocenters. The van der Waals surface area contributed by atoms with Gasteiger partial charge in [0.15, 0.2) is 9.84 Å². The number of hydrogen-bond donors (Lipinski definition) is 1. The Morgan fingerprint density at radius 1 is 1.21 bits per heavy atom. The summed E-state index contributed by atoms with van der Waals surface area (Å²) in [7, 11) is -1.64. The molecule has 0 bridgehead atoms. The van der Waals surface area contributed by atoms with Crippen LogP contribution in [0.25, 0.3) is 0 Å². The quantitative estimate of drug-likeness (QED) is 0.923. The van der Waals surface area contributed by atoms with Gasteiger partial charge in [0.05, 0.1) is 12.0 Å². The van der Waals surface area contributed by atoms with Gasteiger partial charge in [0, 0.05) is 17.4 Å². The normalized spacial score (nSPS) is 19.1. The highest BCUT2D eigenvalue weighted by molar-refractivity contribution is 7.90. The zero-order chi connectivity index (χ0) is 14.1. The molecule has 0 radical (unpaired) electrons. The van der Waals surface area contributed by atoms with Crippen molar-refractivity contribution in [3.63, 3.8) is 0 Å². The minimum atomic E-state index is -3.23. The first kappa shape index (κ1) is 14.3. The van der Waals surface area contributed by atoms with Gasteiger partial charge in [-0.2, -0.15) is 0 Å². The molecule has 1 fully saturated rings. The van der Waals surface area contributed by atoms with E-state index >= 15 is 0 Å². The molecule has 4 nitrogen and oxygen atoms in total. The molecule has 106 valence electrons. The molecule has 0 saturated heterocycles. The first-order valence-corrected chi connectivity index (χ1v) is 8.43. The highest BCUT2D eigenvalue weighted by Gasteiger charge is 2.32. The summed E-state index contributed by atoms with van der Waals surface area (Å²) in [6.07, 6.45) is 6.29. The summed E-state index contributed by atoms with van der Waals surface area (Å²) in [5, 5.41) is 0. The summed E-state index contributed by atoms with van der Waals surface area (Å²) in [4.78, 5) is 0.304. The maximum absolute atomic E-state index is 11.7. The summed E-state index contributed by atoms with van der Waals surface area (Å²) in [6.45, 7) is 0. The lowest BCUT2D eigenvalue weighted by Crippen LogP contribution is -2.39. The standard InChI is InChI=1S/C14H21NO3S/c1-18-13-7-6-11(19(2,16)17)10-12(13)14(15)8-4-3-5-9-14/h6-7,10H,3-5,8-9,15H2,1-2H3. The van der Waals surface area contributed by atoms with Crippen molar-refractivity contribution in [2.45, 2.75) is 42.5 Å². The van der Waals surface area contributed by atoms with E-state index in [2.05, 4.69) is 0 Å². The highest BCUT2D eigenvalue weighted by atomic mass is 32.2. The van der Waals surface area contributed by atoms with Crippen LogP contribution >= 0.6 is 0 Å². The lowest BCUT2D eigenvalue weighted by atomic mass is 9.77. The predicted molar refractivity (Wildman–Crippen MR) is 75.1 cm³/mol. The van der Waals surface area contributed by atoms with Gasteiger partial charge in [-0.25, -0.2) is 8.42 Å². The van der Waals surface area contributed by atoms with Crippen molar-refractivity contribution >= 4 is 9.84 Å². The van der Waals surface area contributed by atoms with Crippen molar-refractivity contribution in [1.29, 1.82) is 0 Å². The SMILES string of the molecule is COc1ccc(S(C)(=O)=O)cc1C1(N)CCCCC1. The maximum atomic E-state index is 11.7. The number of hydrogen-bond acceptors (Lipinski definition) is 4. The molecule has 1 aliphatic rings. The number of ether oxygens (including phenoxy) is 1. The summed E-state index contributed by atoms with van der Waals surface area (Å²) < 4.78 is 28.7. The number of rotatable bonds is 3. The highest BCUT2D eigenvalue weighted by Crippen LogP contribution is 2.40. The number of nitrogens with two attached hydrogens (primary N) is 1. The van der Waals surface area contributed by atoms with Crippen molar-refractivity contribution < 1.29 is 13.2 Å². The zero-order valence-electron chi connectivity index (χ0n) is 11.5. The van der Waals surface area contributed by atoms with Crippen molar-refractivity contribution in [3.8, 4) is 5.75 Å². The van der Waals surface area contributed by atoms with Crippen LogP contribution in [0, 0.1) is 0 Å². The van der Waals surface area contributed by atoms with Gasteiger partial charge in [-0.05, 0) is 31.0 Å². The van der Waals surface area contributed by atoms with Crippen LogP contribution in [-0.2, 0) is 15.4 Å². The Hall–Kier alpha value is -1.07. The van der Waals surface area contributed by atoms with Gasteiger partial charge in [-0.3, -0.25) is 0 Å². The average Bonchev–Trinajstić information content (AvgIpc) is 2.38. The number of methoxy groups -OCH3 is 1. The molecule has 1 saturated carbocycles. The molecule has 1 aliphatic carbocycles. The Labute approximate surface area is 114 Å². The van der Waals surface area contributed by atoms with E-state index in [9.17, 15) is 8.42 Å². The van der Waals surface area contributed by atoms with Crippen LogP contribution in [0.4, 0.5) is 0 Å². The molecule has 0 aliphatic heterocycles. The summed E-state index contributed by atoms with van der Waals surface area (Å²) in [6, 6.07) is 4.96. The molecule has 0 heterocycles. The molecule has 2 rings (SSSR count). The number of benzene rings is 1. The van der Waals surface area contributed by atoms with Crippen molar-refractivity contribution in [2.24, 2.45) is 5.73 Å². The van der Waals surface area contributed by atoms with Crippen LogP contribution in [-0.4, -0.2) is 21.8 Å². The van der Waals surface area contributed by atoms with E-state index in [4.69, 9.17) is 10.5 Å². The molecule has 1 aromatic rings. The second kappa shape index (κ2) is 5.13. The van der Waals surface area contributed by atoms with Crippen LogP contribution < -0.4 is 10.5 Å². The van der Waals surface area contributed by atoms with Gasteiger partial charge >= 0.3 is 0 Å². The van der Waals surface area contributed by atoms with E-state index in [0.717, 1.165) is 31.2 Å². The van der Waals surface area contributed by atoms with E-state index in [1.54, 1.807) is 25.3 Å². The van der Waals surface area contributed by atoms with Gasteiger partial charge in [0.2, 0.25) is 0 Å². The second-order valence-electron chi connectivity index (χ2n) is 5.35. The van der Waals surface area contributed by atoms with Crippen LogP contribution in [0.5, 0.6) is 5.75 Å². The predicted octanol–water partition coefficient (Wildman–Crippen LogP) is 2.22. The third kappa shape index (κ3) is 2.92. The minimum Gasteiger partial charge on any atom is -0.496 e. The lowest BCUT2D eigenvalue weighted by Gasteiger charge is -2.35. The van der Waals surface area contributed by atoms with E-state index < -0.39 is 15.4 Å². The fourth-order valence-corrected chi connectivity index (χ4v) is 3.41. The van der Waals surface area contributed by atoms with E-state index in [-0.39, 0.29) is 0 Å². The Kier molecular flexibility index (Phi) is 3.87. The van der Waals surface area contributed by atoms with E-state index in [1.165, 1.54) is 12.7 Å². The summed E-state index contributed by atoms with van der Waals surface area (Å²) in [5.74, 6) is 0.678. The van der Waals surface area contributed by atoms with Gasteiger partial charge in [-0.1, -0.05) is 19.3 Å². The lowest BCUT2D eigenvalue weighted by molar-refractivity contribution is 0.288. The van der Waals surface area contributed by atoms with Crippen LogP contribution in [0.15, 0.2) is 23.1 Å². The molecule has 0 aromatic heterocycles. The molecule has 1 aromatic carbocycles. The van der Waals surface area contributed by atoms with Gasteiger partial charge in [0.25, 0.3) is 0 Å². The Bertz CT molecular complexity index is 560. The molecule has 19 heavy (non-hydrogen) atoms. The minimum absolute atomic E-state index is 0.304. The summed E-state index contributed by atoms with van der Waals surface area (Å²) in [5.41, 5.74) is 6.84. The largest absolute Gasteiger partial charge is 0.496 e. The van der Waals surface area contributed by atoms with Gasteiger partial charge in [0.1, 0.15) is 5.75 Å². The fourth-order valence-electron chi connectivity index (χ4n) is 2.76. The molecule has 0 amide bonds.